The Labute approximate surface area is 218 Å². The number of ether oxygens (including phenoxy) is 1. The van der Waals surface area contributed by atoms with E-state index in [1.807, 2.05) is 54.8 Å². The lowest BCUT2D eigenvalue weighted by molar-refractivity contribution is -0.384. The van der Waals surface area contributed by atoms with Gasteiger partial charge < -0.3 is 10.1 Å². The summed E-state index contributed by atoms with van der Waals surface area (Å²) in [6.07, 6.45) is 1.57. The lowest BCUT2D eigenvalue weighted by Crippen LogP contribution is -2.36. The van der Waals surface area contributed by atoms with Crippen molar-refractivity contribution < 1.29 is 19.2 Å². The summed E-state index contributed by atoms with van der Waals surface area (Å²) in [5, 5.41) is 16.6. The van der Waals surface area contributed by atoms with Crippen molar-refractivity contribution in [2.45, 2.75) is 38.0 Å². The number of nitro groups is 1. The number of thiophene rings is 1. The number of allylic oxidation sites excluding steroid dienone is 3. The van der Waals surface area contributed by atoms with Gasteiger partial charge in [0.25, 0.3) is 5.69 Å². The first-order valence-electron chi connectivity index (χ1n) is 12.1. The molecule has 0 amide bonds. The third-order valence-electron chi connectivity index (χ3n) is 6.90. The van der Waals surface area contributed by atoms with Gasteiger partial charge in [-0.2, -0.15) is 0 Å². The first-order valence-corrected chi connectivity index (χ1v) is 13.0. The Balaban J connectivity index is 1.47. The van der Waals surface area contributed by atoms with Crippen LogP contribution >= 0.6 is 11.3 Å². The quantitative estimate of drug-likeness (QED) is 0.243. The Bertz CT molecular complexity index is 1390. The van der Waals surface area contributed by atoms with Crippen LogP contribution in [0.2, 0.25) is 0 Å². The molecule has 2 aromatic carbocycles. The Morgan fingerprint density at radius 1 is 1.08 bits per heavy atom. The van der Waals surface area contributed by atoms with Gasteiger partial charge in [0.1, 0.15) is 0 Å². The molecule has 2 heterocycles. The number of nitro benzene ring substituents is 1. The smallest absolute Gasteiger partial charge is 0.336 e. The van der Waals surface area contributed by atoms with Crippen molar-refractivity contribution in [1.82, 2.24) is 5.32 Å². The Hall–Kier alpha value is -4.04. The predicted octanol–water partition coefficient (Wildman–Crippen LogP) is 5.80. The highest BCUT2D eigenvalue weighted by Crippen LogP contribution is 2.46. The summed E-state index contributed by atoms with van der Waals surface area (Å²) in [7, 11) is 0. The maximum absolute atomic E-state index is 13.6. The summed E-state index contributed by atoms with van der Waals surface area (Å²) >= 11 is 1.63. The van der Waals surface area contributed by atoms with Gasteiger partial charge in [0, 0.05) is 58.7 Å². The number of non-ortho nitro benzene ring substituents is 1. The van der Waals surface area contributed by atoms with Crippen LogP contribution in [0, 0.1) is 10.1 Å². The number of carbonyl (C=O) groups excluding carboxylic acids is 2. The van der Waals surface area contributed by atoms with Crippen LogP contribution in [0.15, 0.2) is 94.7 Å². The molecule has 0 unspecified atom stereocenters. The van der Waals surface area contributed by atoms with Crippen molar-refractivity contribution >= 4 is 28.8 Å². The van der Waals surface area contributed by atoms with E-state index in [0.29, 0.717) is 41.7 Å². The third-order valence-corrected chi connectivity index (χ3v) is 7.93. The number of benzene rings is 2. The van der Waals surface area contributed by atoms with Gasteiger partial charge in [0.15, 0.2) is 5.78 Å². The van der Waals surface area contributed by atoms with Gasteiger partial charge in [-0.3, -0.25) is 14.9 Å². The van der Waals surface area contributed by atoms with Crippen LogP contribution in [0.1, 0.15) is 47.6 Å². The van der Waals surface area contributed by atoms with E-state index in [-0.39, 0.29) is 24.0 Å². The van der Waals surface area contributed by atoms with E-state index in [4.69, 9.17) is 4.74 Å². The standard InChI is InChI=1S/C29H26N2O5S/c1-18-26(29(33)36-14-13-19-6-3-2-4-7-19)27(20-9-11-22(12-10-20)31(34)35)28-23(30-18)16-21(17-24(28)32)25-8-5-15-37-25/h2-12,15,21,27,30H,13-14,16-17H2,1H3/t21-,27+/m1/s1. The summed E-state index contributed by atoms with van der Waals surface area (Å²) in [6.45, 7) is 2.02. The molecule has 188 valence electrons. The predicted molar refractivity (Wildman–Crippen MR) is 141 cm³/mol. The molecule has 2 atom stereocenters. The second-order valence-electron chi connectivity index (χ2n) is 9.25. The van der Waals surface area contributed by atoms with Crippen molar-refractivity contribution in [3.63, 3.8) is 0 Å². The number of nitrogens with zero attached hydrogens (tertiary/aromatic N) is 1. The number of carbonyl (C=O) groups is 2. The maximum Gasteiger partial charge on any atom is 0.336 e. The number of hydrogen-bond donors (Lipinski definition) is 1. The van der Waals surface area contributed by atoms with Gasteiger partial charge in [-0.1, -0.05) is 48.5 Å². The second kappa shape index (κ2) is 10.5. The van der Waals surface area contributed by atoms with E-state index in [9.17, 15) is 19.7 Å². The van der Waals surface area contributed by atoms with Gasteiger partial charge in [-0.25, -0.2) is 4.79 Å². The summed E-state index contributed by atoms with van der Waals surface area (Å²) in [5.41, 5.74) is 4.00. The van der Waals surface area contributed by atoms with E-state index in [2.05, 4.69) is 5.32 Å². The summed E-state index contributed by atoms with van der Waals surface area (Å²) in [6, 6.07) is 19.9. The third kappa shape index (κ3) is 5.11. The number of rotatable bonds is 7. The number of nitrogens with one attached hydrogen (secondary N) is 1. The zero-order valence-corrected chi connectivity index (χ0v) is 21.1. The van der Waals surface area contributed by atoms with Crippen LogP contribution in [0.5, 0.6) is 0 Å². The number of Topliss-reactive ketones (excluding diaryl/α,β-unsaturated/α-hetero) is 1. The van der Waals surface area contributed by atoms with Crippen molar-refractivity contribution in [3.8, 4) is 0 Å². The summed E-state index contributed by atoms with van der Waals surface area (Å²) in [5.74, 6) is -1.11. The maximum atomic E-state index is 13.6. The van der Waals surface area contributed by atoms with Crippen LogP contribution in [-0.4, -0.2) is 23.3 Å². The van der Waals surface area contributed by atoms with Crippen molar-refractivity contribution in [2.24, 2.45) is 0 Å². The highest BCUT2D eigenvalue weighted by molar-refractivity contribution is 7.10. The highest BCUT2D eigenvalue weighted by Gasteiger charge is 2.41. The highest BCUT2D eigenvalue weighted by atomic mass is 32.1. The Morgan fingerprint density at radius 2 is 1.84 bits per heavy atom. The van der Waals surface area contributed by atoms with Crippen LogP contribution in [0.25, 0.3) is 0 Å². The molecule has 8 heteroatoms. The van der Waals surface area contributed by atoms with Crippen LogP contribution in [0.3, 0.4) is 0 Å². The molecule has 3 aromatic rings. The number of dihydropyridines is 1. The zero-order chi connectivity index (χ0) is 25.9. The minimum atomic E-state index is -0.655. The molecule has 1 aliphatic heterocycles. The monoisotopic (exact) mass is 514 g/mol. The molecule has 37 heavy (non-hydrogen) atoms. The van der Waals surface area contributed by atoms with Crippen LogP contribution in [0.4, 0.5) is 5.69 Å². The molecule has 0 fully saturated rings. The van der Waals surface area contributed by atoms with Gasteiger partial charge >= 0.3 is 5.97 Å². The molecule has 1 N–H and O–H groups in total. The topological polar surface area (TPSA) is 98.5 Å². The van der Waals surface area contributed by atoms with Crippen molar-refractivity contribution in [3.05, 3.63) is 121 Å². The van der Waals surface area contributed by atoms with E-state index in [1.54, 1.807) is 23.5 Å². The van der Waals surface area contributed by atoms with Gasteiger partial charge in [0.2, 0.25) is 0 Å². The minimum absolute atomic E-state index is 0.0300. The zero-order valence-electron chi connectivity index (χ0n) is 20.3. The molecule has 1 aliphatic carbocycles. The number of ketones is 1. The summed E-state index contributed by atoms with van der Waals surface area (Å²) in [4.78, 5) is 38.9. The average molecular weight is 515 g/mol. The van der Waals surface area contributed by atoms with Crippen LogP contribution in [-0.2, 0) is 20.7 Å². The fourth-order valence-electron chi connectivity index (χ4n) is 5.14. The van der Waals surface area contributed by atoms with Gasteiger partial charge in [0.05, 0.1) is 17.1 Å². The SMILES string of the molecule is CC1=C(C(=O)OCCc2ccccc2)[C@H](c2ccc([N+](=O)[O-])cc2)C2=C(C[C@@H](c3cccs3)CC2=O)N1. The van der Waals surface area contributed by atoms with Crippen molar-refractivity contribution in [1.29, 1.82) is 0 Å². The van der Waals surface area contributed by atoms with E-state index in [1.165, 1.54) is 12.1 Å². The molecule has 2 aliphatic rings. The second-order valence-corrected chi connectivity index (χ2v) is 10.2. The van der Waals surface area contributed by atoms with E-state index < -0.39 is 16.8 Å². The molecular weight excluding hydrogens is 488 g/mol. The summed E-state index contributed by atoms with van der Waals surface area (Å²) < 4.78 is 5.69. The van der Waals surface area contributed by atoms with E-state index >= 15 is 0 Å². The fraction of sp³-hybridized carbons (Fsp3) is 0.241. The van der Waals surface area contributed by atoms with Gasteiger partial charge in [-0.15, -0.1) is 11.3 Å². The van der Waals surface area contributed by atoms with Gasteiger partial charge in [-0.05, 0) is 35.9 Å². The van der Waals surface area contributed by atoms with E-state index in [0.717, 1.165) is 16.1 Å². The molecule has 1 aromatic heterocycles. The molecule has 0 radical (unpaired) electrons. The average Bonchev–Trinajstić information content (AvgIpc) is 3.43. The Kier molecular flexibility index (Phi) is 7.01. The lowest BCUT2D eigenvalue weighted by atomic mass is 9.72. The van der Waals surface area contributed by atoms with Crippen LogP contribution < -0.4 is 5.32 Å². The first-order chi connectivity index (χ1) is 17.9. The molecule has 0 spiro atoms. The largest absolute Gasteiger partial charge is 0.462 e. The first kappa shape index (κ1) is 24.6. The molecule has 7 nitrogen and oxygen atoms in total. The normalized spacial score (nSPS) is 19.3. The lowest BCUT2D eigenvalue weighted by Gasteiger charge is -2.36. The number of hydrogen-bond acceptors (Lipinski definition) is 7. The fourth-order valence-corrected chi connectivity index (χ4v) is 5.97. The molecule has 5 rings (SSSR count). The molecule has 0 bridgehead atoms. The molecule has 0 saturated heterocycles. The Morgan fingerprint density at radius 3 is 2.51 bits per heavy atom. The molecule has 0 saturated carbocycles. The van der Waals surface area contributed by atoms with Crippen molar-refractivity contribution in [2.75, 3.05) is 6.61 Å². The molecular formula is C29H26N2O5S. The number of esters is 1. The minimum Gasteiger partial charge on any atom is -0.462 e.